The number of carbonyl (C=O) groups excluding carboxylic acids is 1. The van der Waals surface area contributed by atoms with E-state index in [-0.39, 0.29) is 28.2 Å². The van der Waals surface area contributed by atoms with Gasteiger partial charge in [-0.1, -0.05) is 11.3 Å². The van der Waals surface area contributed by atoms with Crippen molar-refractivity contribution >= 4 is 39.1 Å². The molecule has 0 radical (unpaired) electrons. The summed E-state index contributed by atoms with van der Waals surface area (Å²) >= 11 is 1.12. The summed E-state index contributed by atoms with van der Waals surface area (Å²) in [5.74, 6) is -0.307. The Balaban J connectivity index is 1.53. The molecule has 176 valence electrons. The molecule has 3 aromatic rings. The van der Waals surface area contributed by atoms with Crippen LogP contribution < -0.4 is 20.7 Å². The molecule has 1 saturated heterocycles. The van der Waals surface area contributed by atoms with Gasteiger partial charge in [0, 0.05) is 12.6 Å². The molecule has 3 N–H and O–H groups in total. The molecule has 4 rings (SSSR count). The predicted molar refractivity (Wildman–Crippen MR) is 119 cm³/mol. The second kappa shape index (κ2) is 10.8. The molecule has 0 atom stereocenters. The fourth-order valence-corrected chi connectivity index (χ4v) is 4.27. The molecule has 0 bridgehead atoms. The zero-order chi connectivity index (χ0) is 23.2. The topological polar surface area (TPSA) is 101 Å². The molecule has 1 amide bonds. The van der Waals surface area contributed by atoms with E-state index in [1.165, 1.54) is 18.5 Å². The molecule has 1 fully saturated rings. The van der Waals surface area contributed by atoms with Crippen LogP contribution in [0.25, 0.3) is 10.3 Å². The van der Waals surface area contributed by atoms with Crippen molar-refractivity contribution in [2.45, 2.75) is 18.9 Å². The Morgan fingerprint density at radius 1 is 1.24 bits per heavy atom. The Hall–Kier alpha value is -2.99. The van der Waals surface area contributed by atoms with Crippen LogP contribution >= 0.6 is 11.3 Å². The highest BCUT2D eigenvalue weighted by atomic mass is 32.1. The first-order chi connectivity index (χ1) is 16.1. The summed E-state index contributed by atoms with van der Waals surface area (Å²) in [6.45, 7) is 0.337. The molecule has 12 heteroatoms. The number of hydrogen-bond acceptors (Lipinski definition) is 8. The van der Waals surface area contributed by atoms with Crippen molar-refractivity contribution < 1.29 is 22.7 Å². The fourth-order valence-electron chi connectivity index (χ4n) is 3.45. The van der Waals surface area contributed by atoms with E-state index in [9.17, 15) is 18.0 Å². The van der Waals surface area contributed by atoms with Crippen LogP contribution in [0.4, 0.5) is 24.7 Å². The quantitative estimate of drug-likeness (QED) is 0.432. The van der Waals surface area contributed by atoms with Crippen molar-refractivity contribution in [3.8, 4) is 5.75 Å². The zero-order valence-corrected chi connectivity index (χ0v) is 18.4. The first kappa shape index (κ1) is 23.2. The maximum Gasteiger partial charge on any atom is 0.280 e. The van der Waals surface area contributed by atoms with Gasteiger partial charge in [-0.3, -0.25) is 4.79 Å². The highest BCUT2D eigenvalue weighted by molar-refractivity contribution is 7.19. The molecule has 2 aromatic heterocycles. The molecule has 1 aromatic carbocycles. The van der Waals surface area contributed by atoms with Crippen molar-refractivity contribution in [3.63, 3.8) is 0 Å². The molecule has 8 nitrogen and oxygen atoms in total. The van der Waals surface area contributed by atoms with Crippen LogP contribution in [0.2, 0.25) is 0 Å². The number of anilines is 2. The normalized spacial score (nSPS) is 14.5. The van der Waals surface area contributed by atoms with E-state index in [0.29, 0.717) is 22.8 Å². The number of aromatic nitrogens is 3. The Labute approximate surface area is 192 Å². The molecule has 3 heterocycles. The van der Waals surface area contributed by atoms with E-state index in [4.69, 9.17) is 4.74 Å². The van der Waals surface area contributed by atoms with E-state index in [1.807, 2.05) is 0 Å². The largest absolute Gasteiger partial charge is 0.483 e. The minimum atomic E-state index is -1.35. The molecule has 0 unspecified atom stereocenters. The van der Waals surface area contributed by atoms with Crippen LogP contribution in [0.3, 0.4) is 0 Å². The number of piperidine rings is 1. The molecule has 1 aliphatic rings. The lowest BCUT2D eigenvalue weighted by molar-refractivity contribution is 0.0944. The summed E-state index contributed by atoms with van der Waals surface area (Å²) in [6.07, 6.45) is 1.96. The second-order valence-electron chi connectivity index (χ2n) is 7.61. The molecule has 33 heavy (non-hydrogen) atoms. The molecular formula is C21H23F3N6O2S. The van der Waals surface area contributed by atoms with Gasteiger partial charge in [0.25, 0.3) is 5.91 Å². The Bertz CT molecular complexity index is 1100. The van der Waals surface area contributed by atoms with Gasteiger partial charge < -0.3 is 20.7 Å². The van der Waals surface area contributed by atoms with Gasteiger partial charge in [0.05, 0.1) is 5.69 Å². The first-order valence-electron chi connectivity index (χ1n) is 10.5. The lowest BCUT2D eigenvalue weighted by Gasteiger charge is -2.22. The summed E-state index contributed by atoms with van der Waals surface area (Å²) in [5.41, 5.74) is 0.588. The lowest BCUT2D eigenvalue weighted by Crippen LogP contribution is -2.35. The number of ether oxygens (including phenoxy) is 1. The number of fused-ring (bicyclic) bond motifs is 1. The average molecular weight is 481 g/mol. The van der Waals surface area contributed by atoms with Crippen LogP contribution in [0.1, 0.15) is 22.6 Å². The number of carbonyl (C=O) groups is 1. The number of alkyl halides is 2. The van der Waals surface area contributed by atoms with Crippen LogP contribution in [-0.2, 0) is 0 Å². The average Bonchev–Trinajstić information content (AvgIpc) is 3.29. The van der Waals surface area contributed by atoms with E-state index in [2.05, 4.69) is 30.9 Å². The summed E-state index contributed by atoms with van der Waals surface area (Å²) < 4.78 is 44.8. The summed E-state index contributed by atoms with van der Waals surface area (Å²) in [5, 5.41) is 9.41. The van der Waals surface area contributed by atoms with Gasteiger partial charge in [0.2, 0.25) is 0 Å². The fraction of sp³-hybridized carbons (Fsp3) is 0.429. The van der Waals surface area contributed by atoms with Gasteiger partial charge in [-0.15, -0.1) is 0 Å². The second-order valence-corrected chi connectivity index (χ2v) is 8.59. The minimum Gasteiger partial charge on any atom is -0.483 e. The summed E-state index contributed by atoms with van der Waals surface area (Å²) in [7, 11) is 0. The van der Waals surface area contributed by atoms with E-state index >= 15 is 0 Å². The monoisotopic (exact) mass is 480 g/mol. The minimum absolute atomic E-state index is 0.0720. The van der Waals surface area contributed by atoms with Gasteiger partial charge in [0.1, 0.15) is 41.6 Å². The zero-order valence-electron chi connectivity index (χ0n) is 17.6. The number of nitrogens with one attached hydrogen (secondary N) is 3. The standard InChI is InChI=1S/C21H23F3N6O2S/c22-8-14(9-23)32-16-7-13(24)1-2-15(16)29-18-17-20(28-11-27-18)33-21(30-17)19(31)26-10-12-3-5-25-6-4-12/h1-2,7,11-12,14,25H,3-6,8-10H2,(H,26,31)(H,27,28,29). The third kappa shape index (κ3) is 5.69. The van der Waals surface area contributed by atoms with Crippen molar-refractivity contribution in [2.75, 3.05) is 38.3 Å². The van der Waals surface area contributed by atoms with Gasteiger partial charge in [-0.05, 0) is 44.0 Å². The molecule has 0 aliphatic carbocycles. The molecule has 0 saturated carbocycles. The van der Waals surface area contributed by atoms with Gasteiger partial charge >= 0.3 is 0 Å². The van der Waals surface area contributed by atoms with Crippen LogP contribution in [0.15, 0.2) is 24.5 Å². The van der Waals surface area contributed by atoms with Crippen molar-refractivity contribution in [3.05, 3.63) is 35.4 Å². The maximum atomic E-state index is 13.7. The van der Waals surface area contributed by atoms with Gasteiger partial charge in [0.15, 0.2) is 16.9 Å². The van der Waals surface area contributed by atoms with Crippen LogP contribution in [-0.4, -0.2) is 59.9 Å². The number of thiazole rings is 1. The molecule has 0 spiro atoms. The number of nitrogens with zero attached hydrogens (tertiary/aromatic N) is 3. The SMILES string of the molecule is O=C(NCC1CCNCC1)c1nc2c(Nc3ccc(F)cc3OC(CF)CF)ncnc2s1. The summed E-state index contributed by atoms with van der Waals surface area (Å²) in [6, 6.07) is 3.57. The van der Waals surface area contributed by atoms with Crippen molar-refractivity contribution in [1.82, 2.24) is 25.6 Å². The number of benzene rings is 1. The number of hydrogen-bond donors (Lipinski definition) is 3. The van der Waals surface area contributed by atoms with Gasteiger partial charge in [-0.25, -0.2) is 28.1 Å². The maximum absolute atomic E-state index is 13.7. The highest BCUT2D eigenvalue weighted by Crippen LogP contribution is 2.32. The Morgan fingerprint density at radius 3 is 2.79 bits per heavy atom. The Morgan fingerprint density at radius 2 is 2.03 bits per heavy atom. The third-order valence-electron chi connectivity index (χ3n) is 5.23. The van der Waals surface area contributed by atoms with Crippen LogP contribution in [0.5, 0.6) is 5.75 Å². The lowest BCUT2D eigenvalue weighted by atomic mass is 9.98. The predicted octanol–water partition coefficient (Wildman–Crippen LogP) is 3.38. The first-order valence-corrected chi connectivity index (χ1v) is 11.3. The van der Waals surface area contributed by atoms with Crippen molar-refractivity contribution in [1.29, 1.82) is 0 Å². The molecule has 1 aliphatic heterocycles. The Kier molecular flexibility index (Phi) is 7.55. The van der Waals surface area contributed by atoms with Crippen molar-refractivity contribution in [2.24, 2.45) is 5.92 Å². The third-order valence-corrected chi connectivity index (χ3v) is 6.20. The van der Waals surface area contributed by atoms with E-state index in [1.54, 1.807) is 0 Å². The number of amides is 1. The number of rotatable bonds is 9. The van der Waals surface area contributed by atoms with Crippen LogP contribution in [0, 0.1) is 11.7 Å². The molecular weight excluding hydrogens is 457 g/mol. The van der Waals surface area contributed by atoms with Gasteiger partial charge in [-0.2, -0.15) is 0 Å². The number of halogens is 3. The van der Waals surface area contributed by atoms with E-state index in [0.717, 1.165) is 43.3 Å². The summed E-state index contributed by atoms with van der Waals surface area (Å²) in [4.78, 5) is 25.8. The highest BCUT2D eigenvalue weighted by Gasteiger charge is 2.20. The smallest absolute Gasteiger partial charge is 0.280 e. The van der Waals surface area contributed by atoms with E-state index < -0.39 is 25.3 Å².